The smallest absolute Gasteiger partial charge is 1.00 e. The number of aliphatic hydroxyl groups is 1. The molecule has 0 bridgehead atoms. The number of esters is 1. The Kier molecular flexibility index (Phi) is 29.7. The van der Waals surface area contributed by atoms with Crippen LogP contribution in [0.1, 0.15) is 67.7 Å². The maximum absolute atomic E-state index is 13.0. The Labute approximate surface area is 654 Å². The summed E-state index contributed by atoms with van der Waals surface area (Å²) < 4.78 is 48.5. The van der Waals surface area contributed by atoms with Crippen LogP contribution in [0.3, 0.4) is 0 Å². The van der Waals surface area contributed by atoms with E-state index in [1.165, 1.54) is 53.8 Å². The van der Waals surface area contributed by atoms with Crippen molar-refractivity contribution in [2.75, 3.05) is 26.4 Å². The molecule has 3 radical (unpaired) electrons. The molecule has 0 saturated carbocycles. The van der Waals surface area contributed by atoms with Crippen molar-refractivity contribution in [1.82, 2.24) is 56.1 Å². The van der Waals surface area contributed by atoms with Crippen molar-refractivity contribution in [3.63, 3.8) is 0 Å². The van der Waals surface area contributed by atoms with Crippen molar-refractivity contribution >= 4 is 95.7 Å². The van der Waals surface area contributed by atoms with Gasteiger partial charge in [-0.1, -0.05) is 115 Å². The molecule has 0 atom stereocenters. The number of imidazole rings is 3. The Morgan fingerprint density at radius 1 is 0.476 bits per heavy atom. The van der Waals surface area contributed by atoms with E-state index in [0.717, 1.165) is 62.6 Å². The van der Waals surface area contributed by atoms with E-state index in [2.05, 4.69) is 62.7 Å². The summed E-state index contributed by atoms with van der Waals surface area (Å²) in [6, 6.07) is 44.6. The van der Waals surface area contributed by atoms with Gasteiger partial charge in [0.2, 0.25) is 0 Å². The zero-order chi connectivity index (χ0) is 71.5. The molecule has 103 heavy (non-hydrogen) atoms. The van der Waals surface area contributed by atoms with Gasteiger partial charge in [0, 0.05) is 83.9 Å². The van der Waals surface area contributed by atoms with Crippen molar-refractivity contribution in [3.8, 4) is 35.3 Å². The molecule has 13 rings (SSSR count). The zero-order valence-corrected chi connectivity index (χ0v) is 65.2. The van der Waals surface area contributed by atoms with E-state index in [4.69, 9.17) is 28.4 Å². The number of benzene rings is 6. The first-order chi connectivity index (χ1) is 48.1. The van der Waals surface area contributed by atoms with Crippen molar-refractivity contribution < 1.29 is 89.6 Å². The summed E-state index contributed by atoms with van der Waals surface area (Å²) in [6.07, 6.45) is 2.56. The number of ether oxygens (including phenoxy) is 6. The fourth-order valence-electron chi connectivity index (χ4n) is 10.8. The van der Waals surface area contributed by atoms with Gasteiger partial charge in [-0.2, -0.15) is 15.0 Å². The number of nitrogens with zero attached hydrogens (tertiary/aromatic N) is 12. The molecule has 527 valence electrons. The van der Waals surface area contributed by atoms with Gasteiger partial charge < -0.3 is 36.4 Å². The number of aliphatic hydroxyl groups excluding tert-OH is 1. The molecule has 1 fully saturated rings. The van der Waals surface area contributed by atoms with Crippen LogP contribution in [-0.2, 0) is 89.3 Å². The van der Waals surface area contributed by atoms with Gasteiger partial charge in [0.25, 0.3) is 16.7 Å². The molecule has 32 heteroatoms. The van der Waals surface area contributed by atoms with Gasteiger partial charge in [-0.3, -0.25) is 55.5 Å². The van der Waals surface area contributed by atoms with Crippen molar-refractivity contribution in [2.45, 2.75) is 59.5 Å². The fourth-order valence-corrected chi connectivity index (χ4v) is 12.1. The van der Waals surface area contributed by atoms with Crippen LogP contribution >= 0.6 is 47.8 Å². The first-order valence-corrected chi connectivity index (χ1v) is 33.9. The van der Waals surface area contributed by atoms with Crippen LogP contribution in [0.4, 0.5) is 0 Å². The SMILES string of the molecule is C1CCOC1.CCOC(=O)c1cccc(Oc2nc3c(c(=O)n(C)c(=O)n3C)n2Cc2cccc(Br)c2)c1.CCOCc1cccc(Oc2nc3c(c(=O)n(C)c(=O)n3C)n2Cc2cccc(Br)c2)c1.Cn1c(=O)c2c(nc(Oc3cccc(CO)c3)n2Cc2cccc(Br)c2)n(C)c1=O.[B].[H-].[H-].[Li+].[Na+]. The molecule has 6 aromatic heterocycles. The molecule has 7 heterocycles. The summed E-state index contributed by atoms with van der Waals surface area (Å²) in [7, 11) is 9.02. The molecule has 0 spiro atoms. The van der Waals surface area contributed by atoms with E-state index in [9.17, 15) is 38.7 Å². The van der Waals surface area contributed by atoms with E-state index >= 15 is 0 Å². The molecular formula is C71H73BBr3LiN12NaO14. The van der Waals surface area contributed by atoms with E-state index in [1.807, 2.05) is 104 Å². The third-order valence-corrected chi connectivity index (χ3v) is 17.4. The van der Waals surface area contributed by atoms with E-state index in [-0.39, 0.29) is 125 Å². The Bertz CT molecular complexity index is 5420. The minimum absolute atomic E-state index is 0. The zero-order valence-electron chi connectivity index (χ0n) is 60.5. The van der Waals surface area contributed by atoms with Crippen molar-refractivity contribution in [1.29, 1.82) is 0 Å². The van der Waals surface area contributed by atoms with Crippen LogP contribution in [0.5, 0.6) is 35.3 Å². The molecule has 6 aromatic carbocycles. The molecule has 1 aliphatic heterocycles. The van der Waals surface area contributed by atoms with Gasteiger partial charge in [-0.15, -0.1) is 0 Å². The normalized spacial score (nSPS) is 11.5. The number of halogens is 3. The van der Waals surface area contributed by atoms with Gasteiger partial charge in [-0.25, -0.2) is 19.2 Å². The number of aromatic nitrogens is 12. The number of aryl methyl sites for hydroxylation is 3. The molecule has 12 aromatic rings. The first-order valence-electron chi connectivity index (χ1n) is 31.5. The third-order valence-electron chi connectivity index (χ3n) is 15.9. The quantitative estimate of drug-likeness (QED) is 0.0940. The predicted molar refractivity (Wildman–Crippen MR) is 395 cm³/mol. The molecule has 1 N–H and O–H groups in total. The van der Waals surface area contributed by atoms with Crippen molar-refractivity contribution in [2.24, 2.45) is 42.3 Å². The summed E-state index contributed by atoms with van der Waals surface area (Å²) in [5, 5.41) is 9.39. The van der Waals surface area contributed by atoms with E-state index in [1.54, 1.807) is 84.2 Å². The summed E-state index contributed by atoms with van der Waals surface area (Å²) in [6.45, 7) is 7.82. The van der Waals surface area contributed by atoms with Crippen LogP contribution in [0.25, 0.3) is 33.5 Å². The summed E-state index contributed by atoms with van der Waals surface area (Å²) >= 11 is 10.4. The van der Waals surface area contributed by atoms with Gasteiger partial charge >= 0.3 is 89.5 Å². The van der Waals surface area contributed by atoms with Gasteiger partial charge in [-0.05, 0) is 133 Å². The number of fused-ring (bicyclic) bond motifs is 3. The minimum atomic E-state index is -0.490. The molecule has 26 nitrogen and oxygen atoms in total. The average molecular weight is 1600 g/mol. The van der Waals surface area contributed by atoms with Crippen LogP contribution < -0.4 is 96.4 Å². The second kappa shape index (κ2) is 37.4. The molecule has 0 amide bonds. The van der Waals surface area contributed by atoms with Crippen LogP contribution in [-0.4, -0.2) is 102 Å². The number of hydrogen-bond donors (Lipinski definition) is 1. The third kappa shape index (κ3) is 19.3. The maximum atomic E-state index is 13.0. The molecule has 0 aliphatic carbocycles. The number of rotatable bonds is 18. The Balaban J connectivity index is 0.000000267. The number of carbonyl (C=O) groups is 1. The summed E-state index contributed by atoms with van der Waals surface area (Å²) in [5.74, 6) is 0.902. The second-order valence-corrected chi connectivity index (χ2v) is 25.7. The monoisotopic (exact) mass is 1600 g/mol. The Morgan fingerprint density at radius 3 is 1.16 bits per heavy atom. The average Bonchev–Trinajstić information content (AvgIpc) is 1.62. The van der Waals surface area contributed by atoms with Crippen LogP contribution in [0.2, 0.25) is 0 Å². The molecule has 1 aliphatic rings. The van der Waals surface area contributed by atoms with E-state index in [0.29, 0.717) is 60.2 Å². The Hall–Kier alpha value is -8.38. The predicted octanol–water partition coefficient (Wildman–Crippen LogP) is 3.96. The van der Waals surface area contributed by atoms with Gasteiger partial charge in [0.1, 0.15) is 17.2 Å². The minimum Gasteiger partial charge on any atom is -1.00 e. The standard InChI is InChI=1S/C23H21BrN4O5.C23H23BrN4O4.C21H19BrN4O4.C4H8O.B.Li.Na.2H/c1-4-32-21(30)15-8-6-10-17(12-15)33-22-25-19-18(20(29)27(3)23(31)26(19)2)28(22)13-14-7-5-9-16(24)11-14;1-4-31-14-16-8-6-10-18(12-16)32-22-25-20-19(21(29)27(3)23(30)26(20)2)28(22)13-15-7-5-9-17(24)11-15;1-24-18-17(19(28)25(2)21(24)29)26(11-13-5-3-7-15(22)9-13)20(23-18)30-16-8-4-6-14(10-16)12-27;1-2-4-5-3-1;;;;;/h5-12H,4,13H2,1-3H3;5-12H,4,13-14H2,1-3H3;3-10,27H,11-12H2,1-2H3;1-4H2;;;;;/q;;;;;2*+1;2*-1. The van der Waals surface area contributed by atoms with Gasteiger partial charge in [0.05, 0.1) is 45.0 Å². The second-order valence-electron chi connectivity index (χ2n) is 22.9. The van der Waals surface area contributed by atoms with E-state index < -0.39 is 39.7 Å². The number of carbonyl (C=O) groups excluding carboxylic acids is 1. The topological polar surface area (TPSA) is 278 Å². The van der Waals surface area contributed by atoms with Crippen LogP contribution in [0, 0.1) is 0 Å². The molecular weight excluding hydrogens is 1530 g/mol. The Morgan fingerprint density at radius 2 is 0.816 bits per heavy atom. The van der Waals surface area contributed by atoms with Crippen molar-refractivity contribution in [3.05, 3.63) is 255 Å². The summed E-state index contributed by atoms with van der Waals surface area (Å²) in [5.41, 5.74) is 3.51. The van der Waals surface area contributed by atoms with Gasteiger partial charge in [0.15, 0.2) is 33.5 Å². The molecule has 0 unspecified atom stereocenters. The fraction of sp³-hybridized carbons (Fsp3) is 0.268. The van der Waals surface area contributed by atoms with Crippen LogP contribution in [0.15, 0.2) is 188 Å². The largest absolute Gasteiger partial charge is 1.00 e. The number of hydrogen-bond acceptors (Lipinski definition) is 17. The maximum Gasteiger partial charge on any atom is 1.00 e. The molecule has 1 saturated heterocycles. The first kappa shape index (κ1) is 81.9. The summed E-state index contributed by atoms with van der Waals surface area (Å²) in [4.78, 5) is 102.